The molecular formula is C20H21FN4O2. The van der Waals surface area contributed by atoms with Gasteiger partial charge in [0.05, 0.1) is 18.0 Å². The summed E-state index contributed by atoms with van der Waals surface area (Å²) in [5.74, 6) is 0.176. The number of nitrogens with one attached hydrogen (secondary N) is 2. The molecule has 3 N–H and O–H groups in total. The molecule has 0 amide bonds. The van der Waals surface area contributed by atoms with Crippen LogP contribution in [0.1, 0.15) is 5.56 Å². The molecule has 7 heteroatoms. The minimum Gasteiger partial charge on any atom is -0.507 e. The van der Waals surface area contributed by atoms with Crippen molar-refractivity contribution in [2.24, 2.45) is 0 Å². The lowest BCUT2D eigenvalue weighted by Gasteiger charge is -2.12. The Balaban J connectivity index is 1.86. The number of aryl methyl sites for hydroxylation is 1. The third-order valence-corrected chi connectivity index (χ3v) is 3.92. The Morgan fingerprint density at radius 2 is 2.00 bits per heavy atom. The van der Waals surface area contributed by atoms with Crippen molar-refractivity contribution >= 4 is 17.3 Å². The highest BCUT2D eigenvalue weighted by Gasteiger charge is 2.10. The number of ether oxygens (including phenoxy) is 1. The lowest BCUT2D eigenvalue weighted by molar-refractivity contribution is 0.210. The molecule has 1 aromatic heterocycles. The van der Waals surface area contributed by atoms with Crippen LogP contribution < -0.4 is 10.6 Å². The molecule has 0 aliphatic rings. The average molecular weight is 368 g/mol. The maximum Gasteiger partial charge on any atom is 0.223 e. The van der Waals surface area contributed by atoms with Gasteiger partial charge in [-0.3, -0.25) is 0 Å². The number of aromatic nitrogens is 2. The van der Waals surface area contributed by atoms with Crippen molar-refractivity contribution in [3.05, 3.63) is 60.0 Å². The van der Waals surface area contributed by atoms with Crippen molar-refractivity contribution < 1.29 is 14.2 Å². The zero-order valence-electron chi connectivity index (χ0n) is 15.2. The maximum absolute atomic E-state index is 14.1. The molecule has 3 rings (SSSR count). The normalized spacial score (nSPS) is 10.6. The van der Waals surface area contributed by atoms with E-state index in [9.17, 15) is 9.50 Å². The van der Waals surface area contributed by atoms with Gasteiger partial charge in [-0.05, 0) is 48.9 Å². The summed E-state index contributed by atoms with van der Waals surface area (Å²) in [6, 6.07) is 11.6. The third kappa shape index (κ3) is 4.71. The molecule has 140 valence electrons. The van der Waals surface area contributed by atoms with Crippen LogP contribution in [0.25, 0.3) is 11.3 Å². The summed E-state index contributed by atoms with van der Waals surface area (Å²) in [5.41, 5.74) is 2.92. The highest BCUT2D eigenvalue weighted by Crippen LogP contribution is 2.32. The molecule has 2 aromatic carbocycles. The van der Waals surface area contributed by atoms with E-state index in [1.165, 1.54) is 6.07 Å². The number of benzene rings is 2. The number of hydrogen-bond donors (Lipinski definition) is 3. The molecule has 0 spiro atoms. The summed E-state index contributed by atoms with van der Waals surface area (Å²) in [6.07, 6.45) is 1.61. The molecule has 27 heavy (non-hydrogen) atoms. The van der Waals surface area contributed by atoms with E-state index in [0.717, 1.165) is 5.56 Å². The number of halogens is 1. The number of phenols is 1. The Morgan fingerprint density at radius 3 is 2.78 bits per heavy atom. The summed E-state index contributed by atoms with van der Waals surface area (Å²) < 4.78 is 19.1. The van der Waals surface area contributed by atoms with Gasteiger partial charge in [0.25, 0.3) is 0 Å². The van der Waals surface area contributed by atoms with Gasteiger partial charge in [0.2, 0.25) is 5.95 Å². The monoisotopic (exact) mass is 368 g/mol. The van der Waals surface area contributed by atoms with E-state index in [-0.39, 0.29) is 11.6 Å². The SMILES string of the molecule is COCCNc1nccc(-c2cc(Nc3ccc(C)cc3F)ccc2O)n1. The van der Waals surface area contributed by atoms with Crippen molar-refractivity contribution in [2.75, 3.05) is 30.9 Å². The van der Waals surface area contributed by atoms with E-state index in [0.29, 0.717) is 41.7 Å². The highest BCUT2D eigenvalue weighted by molar-refractivity contribution is 5.74. The summed E-state index contributed by atoms with van der Waals surface area (Å²) in [7, 11) is 1.62. The van der Waals surface area contributed by atoms with E-state index >= 15 is 0 Å². The molecule has 0 radical (unpaired) electrons. The second kappa shape index (κ2) is 8.46. The van der Waals surface area contributed by atoms with Crippen molar-refractivity contribution in [1.82, 2.24) is 9.97 Å². The zero-order chi connectivity index (χ0) is 19.2. The van der Waals surface area contributed by atoms with Gasteiger partial charge in [-0.15, -0.1) is 0 Å². The molecule has 0 saturated heterocycles. The van der Waals surface area contributed by atoms with Crippen LogP contribution in [0.3, 0.4) is 0 Å². The van der Waals surface area contributed by atoms with Crippen LogP contribution >= 0.6 is 0 Å². The fourth-order valence-corrected chi connectivity index (χ4v) is 2.55. The minimum atomic E-state index is -0.337. The van der Waals surface area contributed by atoms with E-state index in [4.69, 9.17) is 4.74 Å². The van der Waals surface area contributed by atoms with Crippen molar-refractivity contribution in [2.45, 2.75) is 6.92 Å². The molecule has 0 saturated carbocycles. The number of methoxy groups -OCH3 is 1. The van der Waals surface area contributed by atoms with E-state index < -0.39 is 0 Å². The average Bonchev–Trinajstić information content (AvgIpc) is 2.66. The van der Waals surface area contributed by atoms with Gasteiger partial charge in [-0.2, -0.15) is 0 Å². The molecule has 6 nitrogen and oxygen atoms in total. The van der Waals surface area contributed by atoms with E-state index in [1.54, 1.807) is 43.6 Å². The number of phenolic OH excluding ortho intramolecular Hbond substituents is 1. The van der Waals surface area contributed by atoms with Gasteiger partial charge in [-0.1, -0.05) is 6.07 Å². The van der Waals surface area contributed by atoms with E-state index in [2.05, 4.69) is 20.6 Å². The quantitative estimate of drug-likeness (QED) is 0.430. The number of nitrogens with zero attached hydrogens (tertiary/aromatic N) is 2. The standard InChI is InChI=1S/C20H21FN4O2/c1-13-3-5-18(16(21)11-13)24-14-4-6-19(26)15(12-14)17-7-8-22-20(25-17)23-9-10-27-2/h3-8,11-12,24,26H,9-10H2,1-2H3,(H,22,23,25). The van der Waals surface area contributed by atoms with E-state index in [1.807, 2.05) is 13.0 Å². The number of aromatic hydroxyl groups is 1. The molecular weight excluding hydrogens is 347 g/mol. The fraction of sp³-hybridized carbons (Fsp3) is 0.200. The van der Waals surface area contributed by atoms with Crippen LogP contribution in [0.15, 0.2) is 48.7 Å². The Kier molecular flexibility index (Phi) is 5.83. The molecule has 0 unspecified atom stereocenters. The third-order valence-electron chi connectivity index (χ3n) is 3.92. The molecule has 0 aliphatic heterocycles. The molecule has 0 bridgehead atoms. The second-order valence-electron chi connectivity index (χ2n) is 6.03. The predicted octanol–water partition coefficient (Wildman–Crippen LogP) is 4.10. The van der Waals surface area contributed by atoms with Crippen LogP contribution in [0.4, 0.5) is 21.7 Å². The molecule has 3 aromatic rings. The topological polar surface area (TPSA) is 79.3 Å². The summed E-state index contributed by atoms with van der Waals surface area (Å²) in [4.78, 5) is 8.57. The van der Waals surface area contributed by atoms with Crippen molar-refractivity contribution in [3.63, 3.8) is 0 Å². The fourth-order valence-electron chi connectivity index (χ4n) is 2.55. The van der Waals surface area contributed by atoms with Gasteiger partial charge in [0.1, 0.15) is 11.6 Å². The Bertz CT molecular complexity index is 934. The summed E-state index contributed by atoms with van der Waals surface area (Å²) in [5, 5.41) is 16.3. The Hall–Kier alpha value is -3.19. The number of rotatable bonds is 7. The Morgan fingerprint density at radius 1 is 1.15 bits per heavy atom. The van der Waals surface area contributed by atoms with Crippen molar-refractivity contribution in [1.29, 1.82) is 0 Å². The molecule has 0 aliphatic carbocycles. The van der Waals surface area contributed by atoms with Gasteiger partial charge in [0.15, 0.2) is 0 Å². The first kappa shape index (κ1) is 18.6. The largest absolute Gasteiger partial charge is 0.507 e. The summed E-state index contributed by atoms with van der Waals surface area (Å²) >= 11 is 0. The number of anilines is 3. The van der Waals surface area contributed by atoms with Crippen LogP contribution in [0, 0.1) is 12.7 Å². The molecule has 1 heterocycles. The molecule has 0 atom stereocenters. The molecule has 0 fully saturated rings. The van der Waals surface area contributed by atoms with Gasteiger partial charge < -0.3 is 20.5 Å². The van der Waals surface area contributed by atoms with Crippen molar-refractivity contribution in [3.8, 4) is 17.0 Å². The maximum atomic E-state index is 14.1. The lowest BCUT2D eigenvalue weighted by Crippen LogP contribution is -2.10. The lowest BCUT2D eigenvalue weighted by atomic mass is 10.1. The summed E-state index contributed by atoms with van der Waals surface area (Å²) in [6.45, 7) is 2.93. The minimum absolute atomic E-state index is 0.0754. The second-order valence-corrected chi connectivity index (χ2v) is 6.03. The first-order chi connectivity index (χ1) is 13.1. The van der Waals surface area contributed by atoms with Gasteiger partial charge in [-0.25, -0.2) is 14.4 Å². The first-order valence-corrected chi connectivity index (χ1v) is 8.49. The number of hydrogen-bond acceptors (Lipinski definition) is 6. The van der Waals surface area contributed by atoms with Crippen LogP contribution in [0.2, 0.25) is 0 Å². The smallest absolute Gasteiger partial charge is 0.223 e. The van der Waals surface area contributed by atoms with Crippen LogP contribution in [0.5, 0.6) is 5.75 Å². The Labute approximate surface area is 157 Å². The zero-order valence-corrected chi connectivity index (χ0v) is 15.2. The van der Waals surface area contributed by atoms with Gasteiger partial charge >= 0.3 is 0 Å². The van der Waals surface area contributed by atoms with Crippen LogP contribution in [-0.4, -0.2) is 35.3 Å². The predicted molar refractivity (Wildman–Crippen MR) is 104 cm³/mol. The van der Waals surface area contributed by atoms with Gasteiger partial charge in [0, 0.05) is 31.1 Å². The van der Waals surface area contributed by atoms with Crippen LogP contribution in [-0.2, 0) is 4.74 Å². The highest BCUT2D eigenvalue weighted by atomic mass is 19.1. The first-order valence-electron chi connectivity index (χ1n) is 8.49.